The van der Waals surface area contributed by atoms with E-state index in [-0.39, 0.29) is 0 Å². The van der Waals surface area contributed by atoms with Crippen molar-refractivity contribution in [2.45, 2.75) is 0 Å². The number of fused-ring (bicyclic) bond motifs is 1. The van der Waals surface area contributed by atoms with Gasteiger partial charge in [-0.2, -0.15) is 0 Å². The summed E-state index contributed by atoms with van der Waals surface area (Å²) in [5.41, 5.74) is 1.87. The van der Waals surface area contributed by atoms with Crippen LogP contribution >= 0.6 is 15.9 Å². The molecule has 0 aliphatic carbocycles. The van der Waals surface area contributed by atoms with Crippen LogP contribution in [0, 0.1) is 0 Å². The highest BCUT2D eigenvalue weighted by atomic mass is 79.9. The Morgan fingerprint density at radius 2 is 2.29 bits per heavy atom. The third kappa shape index (κ3) is 1.95. The molecule has 3 rings (SSSR count). The van der Waals surface area contributed by atoms with Crippen molar-refractivity contribution in [3.63, 3.8) is 0 Å². The average molecular weight is 292 g/mol. The number of aromatic nitrogens is 2. The molecule has 0 amide bonds. The molecule has 5 nitrogen and oxygen atoms in total. The van der Waals surface area contributed by atoms with Crippen LogP contribution in [0.4, 0.5) is 5.69 Å². The van der Waals surface area contributed by atoms with E-state index in [4.69, 9.17) is 0 Å². The quantitative estimate of drug-likeness (QED) is 0.841. The van der Waals surface area contributed by atoms with Crippen molar-refractivity contribution in [1.82, 2.24) is 15.3 Å². The van der Waals surface area contributed by atoms with Gasteiger partial charge in [0.15, 0.2) is 5.96 Å². The molecule has 1 aromatic carbocycles. The number of aliphatic imine (C=N–C) groups is 1. The number of halogens is 1. The molecular weight excluding hydrogens is 282 g/mol. The zero-order valence-electron chi connectivity index (χ0n) is 8.94. The largest absolute Gasteiger partial charge is 0.354 e. The fraction of sp³-hybridized carbons (Fsp3) is 0.182. The Morgan fingerprint density at radius 3 is 3.12 bits per heavy atom. The molecule has 6 heteroatoms. The number of guanidine groups is 1. The first-order valence-electron chi connectivity index (χ1n) is 5.28. The molecule has 0 fully saturated rings. The van der Waals surface area contributed by atoms with Crippen LogP contribution in [0.3, 0.4) is 0 Å². The highest BCUT2D eigenvalue weighted by molar-refractivity contribution is 9.10. The number of hydrogen-bond acceptors (Lipinski definition) is 5. The normalized spacial score (nSPS) is 14.5. The van der Waals surface area contributed by atoms with Crippen molar-refractivity contribution in [3.05, 3.63) is 29.1 Å². The van der Waals surface area contributed by atoms with Gasteiger partial charge in [-0.15, -0.1) is 0 Å². The third-order valence-corrected chi connectivity index (χ3v) is 3.41. The fourth-order valence-corrected chi connectivity index (χ4v) is 2.26. The van der Waals surface area contributed by atoms with E-state index >= 15 is 0 Å². The smallest absolute Gasteiger partial charge is 0.195 e. The highest BCUT2D eigenvalue weighted by Crippen LogP contribution is 2.29. The van der Waals surface area contributed by atoms with E-state index in [0.717, 1.165) is 40.1 Å². The Labute approximate surface area is 107 Å². The third-order valence-electron chi connectivity index (χ3n) is 2.55. The number of anilines is 1. The van der Waals surface area contributed by atoms with Crippen LogP contribution in [0.15, 0.2) is 34.1 Å². The molecule has 1 aromatic heterocycles. The lowest BCUT2D eigenvalue weighted by Crippen LogP contribution is -2.26. The molecule has 86 valence electrons. The zero-order valence-corrected chi connectivity index (χ0v) is 10.5. The molecule has 0 spiro atoms. The second kappa shape index (κ2) is 4.29. The predicted octanol–water partition coefficient (Wildman–Crippen LogP) is 1.76. The topological polar surface area (TPSA) is 62.2 Å². The zero-order chi connectivity index (χ0) is 11.7. The van der Waals surface area contributed by atoms with Gasteiger partial charge in [-0.05, 0) is 28.1 Å². The van der Waals surface area contributed by atoms with E-state index < -0.39 is 0 Å². The van der Waals surface area contributed by atoms with E-state index in [0.29, 0.717) is 0 Å². The maximum Gasteiger partial charge on any atom is 0.195 e. The Bertz CT molecular complexity index is 595. The van der Waals surface area contributed by atoms with Crippen LogP contribution in [-0.4, -0.2) is 29.0 Å². The summed E-state index contributed by atoms with van der Waals surface area (Å²) in [6.45, 7) is 1.70. The van der Waals surface area contributed by atoms with Gasteiger partial charge >= 0.3 is 0 Å². The second-order valence-electron chi connectivity index (χ2n) is 3.66. The van der Waals surface area contributed by atoms with Crippen LogP contribution in [0.25, 0.3) is 10.9 Å². The van der Waals surface area contributed by atoms with E-state index in [9.17, 15) is 0 Å². The summed E-state index contributed by atoms with van der Waals surface area (Å²) >= 11 is 3.56. The van der Waals surface area contributed by atoms with Gasteiger partial charge in [-0.3, -0.25) is 4.99 Å². The molecule has 0 saturated heterocycles. The number of nitrogens with one attached hydrogen (secondary N) is 2. The monoisotopic (exact) mass is 291 g/mol. The first kappa shape index (κ1) is 10.5. The van der Waals surface area contributed by atoms with Crippen molar-refractivity contribution in [2.75, 3.05) is 18.4 Å². The van der Waals surface area contributed by atoms with Gasteiger partial charge < -0.3 is 10.6 Å². The molecule has 0 atom stereocenters. The van der Waals surface area contributed by atoms with E-state index in [1.165, 1.54) is 0 Å². The summed E-state index contributed by atoms with van der Waals surface area (Å²) in [6.07, 6.45) is 3.34. The van der Waals surface area contributed by atoms with Crippen LogP contribution in [0.5, 0.6) is 0 Å². The molecule has 1 aliphatic rings. The summed E-state index contributed by atoms with van der Waals surface area (Å²) < 4.78 is 0.951. The van der Waals surface area contributed by atoms with Gasteiger partial charge in [-0.1, -0.05) is 0 Å². The minimum absolute atomic E-state index is 0.807. The molecule has 2 N–H and O–H groups in total. The number of benzene rings is 1. The molecular formula is C11H10BrN5. The molecule has 2 heterocycles. The molecule has 0 radical (unpaired) electrons. The number of nitrogens with zero attached hydrogens (tertiary/aromatic N) is 3. The van der Waals surface area contributed by atoms with Crippen LogP contribution < -0.4 is 10.6 Å². The summed E-state index contributed by atoms with van der Waals surface area (Å²) in [5.74, 6) is 0.807. The van der Waals surface area contributed by atoms with E-state index in [1.807, 2.05) is 12.1 Å². The van der Waals surface area contributed by atoms with Crippen LogP contribution in [0.1, 0.15) is 0 Å². The van der Waals surface area contributed by atoms with Gasteiger partial charge in [-0.25, -0.2) is 9.97 Å². The van der Waals surface area contributed by atoms with Crippen LogP contribution in [0.2, 0.25) is 0 Å². The number of rotatable bonds is 1. The SMILES string of the molecule is Brc1c(NC2=NCCN2)ccc2ncncc12. The summed E-state index contributed by atoms with van der Waals surface area (Å²) in [5, 5.41) is 7.39. The van der Waals surface area contributed by atoms with Gasteiger partial charge in [0.2, 0.25) is 0 Å². The lowest BCUT2D eigenvalue weighted by molar-refractivity contribution is 0.959. The minimum Gasteiger partial charge on any atom is -0.354 e. The van der Waals surface area contributed by atoms with Crippen molar-refractivity contribution >= 4 is 38.5 Å². The van der Waals surface area contributed by atoms with Crippen molar-refractivity contribution in [1.29, 1.82) is 0 Å². The van der Waals surface area contributed by atoms with Crippen LogP contribution in [-0.2, 0) is 0 Å². The Balaban J connectivity index is 2.02. The summed E-state index contributed by atoms with van der Waals surface area (Å²) in [7, 11) is 0. The van der Waals surface area contributed by atoms with Crippen molar-refractivity contribution < 1.29 is 0 Å². The molecule has 0 saturated carbocycles. The maximum atomic E-state index is 4.29. The van der Waals surface area contributed by atoms with E-state index in [2.05, 4.69) is 41.5 Å². The summed E-state index contributed by atoms with van der Waals surface area (Å²) in [4.78, 5) is 12.5. The minimum atomic E-state index is 0.807. The maximum absolute atomic E-state index is 4.29. The number of hydrogen-bond donors (Lipinski definition) is 2. The first-order valence-corrected chi connectivity index (χ1v) is 6.07. The second-order valence-corrected chi connectivity index (χ2v) is 4.46. The van der Waals surface area contributed by atoms with Crippen molar-refractivity contribution in [2.24, 2.45) is 4.99 Å². The highest BCUT2D eigenvalue weighted by Gasteiger charge is 2.09. The predicted molar refractivity (Wildman–Crippen MR) is 71.2 cm³/mol. The van der Waals surface area contributed by atoms with Gasteiger partial charge in [0.05, 0.1) is 22.2 Å². The fourth-order valence-electron chi connectivity index (χ4n) is 1.73. The van der Waals surface area contributed by atoms with E-state index in [1.54, 1.807) is 12.5 Å². The molecule has 2 aromatic rings. The molecule has 0 bridgehead atoms. The Hall–Kier alpha value is -1.69. The molecule has 17 heavy (non-hydrogen) atoms. The lowest BCUT2D eigenvalue weighted by Gasteiger charge is -2.10. The van der Waals surface area contributed by atoms with Gasteiger partial charge in [0.1, 0.15) is 6.33 Å². The van der Waals surface area contributed by atoms with Gasteiger partial charge in [0, 0.05) is 18.1 Å². The molecule has 1 aliphatic heterocycles. The van der Waals surface area contributed by atoms with Crippen molar-refractivity contribution in [3.8, 4) is 0 Å². The average Bonchev–Trinajstić information content (AvgIpc) is 2.86. The lowest BCUT2D eigenvalue weighted by atomic mass is 10.2. The summed E-state index contributed by atoms with van der Waals surface area (Å²) in [6, 6.07) is 3.93. The standard InChI is InChI=1S/C11H10BrN5/c12-10-7-5-13-6-16-8(7)1-2-9(10)17-11-14-3-4-15-11/h1-2,5-6H,3-4H2,(H2,14,15,17). The Morgan fingerprint density at radius 1 is 1.35 bits per heavy atom. The first-order chi connectivity index (χ1) is 8.34. The molecule has 0 unspecified atom stereocenters. The van der Waals surface area contributed by atoms with Gasteiger partial charge in [0.25, 0.3) is 0 Å². The Kier molecular flexibility index (Phi) is 2.64.